The number of aromatic amines is 1. The number of para-hydroxylation sites is 1. The largest absolute Gasteiger partial charge is 0.496 e. The predicted molar refractivity (Wildman–Crippen MR) is 165 cm³/mol. The highest BCUT2D eigenvalue weighted by molar-refractivity contribution is 6.36. The van der Waals surface area contributed by atoms with E-state index in [1.807, 2.05) is 0 Å². The molecule has 2 aromatic carbocycles. The number of methoxy groups -OCH3 is 2. The second kappa shape index (κ2) is 9.70. The fourth-order valence-electron chi connectivity index (χ4n) is 6.88. The molecule has 0 amide bonds. The highest BCUT2D eigenvalue weighted by Gasteiger charge is 2.64. The van der Waals surface area contributed by atoms with Crippen molar-refractivity contribution >= 4 is 39.9 Å². The van der Waals surface area contributed by atoms with Gasteiger partial charge in [-0.15, -0.1) is 0 Å². The molecule has 0 radical (unpaired) electrons. The Hall–Kier alpha value is -5.10. The summed E-state index contributed by atoms with van der Waals surface area (Å²) in [5, 5.41) is 3.80. The van der Waals surface area contributed by atoms with Crippen LogP contribution in [0.2, 0.25) is 5.02 Å². The Morgan fingerprint density at radius 3 is 2.40 bits per heavy atom. The summed E-state index contributed by atoms with van der Waals surface area (Å²) in [6.45, 7) is 1.70. The summed E-state index contributed by atoms with van der Waals surface area (Å²) in [6.07, 6.45) is 0.0999. The lowest BCUT2D eigenvalue weighted by Crippen LogP contribution is -2.58. The average Bonchev–Trinajstić information content (AvgIpc) is 3.35. The van der Waals surface area contributed by atoms with Crippen molar-refractivity contribution in [1.29, 1.82) is 0 Å². The number of rotatable bonds is 3. The summed E-state index contributed by atoms with van der Waals surface area (Å²) in [6, 6.07) is 10.2. The van der Waals surface area contributed by atoms with Crippen LogP contribution in [0.5, 0.6) is 17.2 Å². The number of nitrogens with zero attached hydrogens (tertiary/aromatic N) is 2. The lowest BCUT2D eigenvalue weighted by molar-refractivity contribution is -0.130. The second-order valence-electron chi connectivity index (χ2n) is 11.5. The van der Waals surface area contributed by atoms with Crippen molar-refractivity contribution in [2.24, 2.45) is 20.0 Å². The number of fused-ring (bicyclic) bond motifs is 3. The van der Waals surface area contributed by atoms with Crippen molar-refractivity contribution in [3.05, 3.63) is 101 Å². The molecule has 0 fully saturated rings. The Morgan fingerprint density at radius 1 is 0.978 bits per heavy atom. The Kier molecular flexibility index (Phi) is 6.18. The van der Waals surface area contributed by atoms with Crippen molar-refractivity contribution in [2.45, 2.75) is 24.9 Å². The molecule has 13 heteroatoms. The summed E-state index contributed by atoms with van der Waals surface area (Å²) in [7, 11) is 5.59. The van der Waals surface area contributed by atoms with Crippen molar-refractivity contribution in [2.75, 3.05) is 19.5 Å². The number of ether oxygens (including phenoxy) is 3. The van der Waals surface area contributed by atoms with Crippen LogP contribution >= 0.6 is 11.6 Å². The number of nitrogens with one attached hydrogen (secondary N) is 2. The highest BCUT2D eigenvalue weighted by atomic mass is 35.5. The molecule has 3 unspecified atom stereocenters. The van der Waals surface area contributed by atoms with Crippen LogP contribution in [0, 0.1) is 5.92 Å². The van der Waals surface area contributed by atoms with Gasteiger partial charge in [0.15, 0.2) is 5.75 Å². The molecule has 1 aliphatic carbocycles. The number of aromatic nitrogens is 3. The van der Waals surface area contributed by atoms with Gasteiger partial charge in [0.1, 0.15) is 27.9 Å². The zero-order valence-electron chi connectivity index (χ0n) is 24.9. The molecule has 45 heavy (non-hydrogen) atoms. The Morgan fingerprint density at radius 2 is 1.69 bits per heavy atom. The third kappa shape index (κ3) is 3.62. The van der Waals surface area contributed by atoms with E-state index in [2.05, 4.69) is 10.3 Å². The molecule has 2 aliphatic heterocycles. The molecule has 0 bridgehead atoms. The van der Waals surface area contributed by atoms with Crippen LogP contribution in [0.15, 0.2) is 62.1 Å². The summed E-state index contributed by atoms with van der Waals surface area (Å²) in [5.74, 6) is -2.98. The molecule has 0 saturated carbocycles. The van der Waals surface area contributed by atoms with Crippen molar-refractivity contribution in [3.63, 3.8) is 0 Å². The first kappa shape index (κ1) is 28.7. The molecule has 3 atom stereocenters. The summed E-state index contributed by atoms with van der Waals surface area (Å²) in [4.78, 5) is 72.9. The van der Waals surface area contributed by atoms with Crippen LogP contribution in [0.4, 0.5) is 5.82 Å². The van der Waals surface area contributed by atoms with Gasteiger partial charge in [-0.1, -0.05) is 36.7 Å². The van der Waals surface area contributed by atoms with E-state index in [0.717, 1.165) is 4.57 Å². The highest BCUT2D eigenvalue weighted by Crippen LogP contribution is 2.56. The number of Topliss-reactive ketones (excluding diaryl/α,β-unsaturated/α-hetero) is 2. The first-order valence-corrected chi connectivity index (χ1v) is 14.5. The molecular weight excluding hydrogens is 604 g/mol. The molecule has 7 rings (SSSR count). The van der Waals surface area contributed by atoms with Gasteiger partial charge in [-0.3, -0.25) is 28.3 Å². The molecule has 0 saturated heterocycles. The van der Waals surface area contributed by atoms with E-state index >= 15 is 4.79 Å². The number of pyridine rings is 1. The van der Waals surface area contributed by atoms with E-state index in [1.54, 1.807) is 37.3 Å². The Balaban J connectivity index is 1.52. The minimum atomic E-state index is -2.09. The van der Waals surface area contributed by atoms with E-state index in [-0.39, 0.29) is 56.8 Å². The van der Waals surface area contributed by atoms with E-state index in [4.69, 9.17) is 25.8 Å². The third-order valence-electron chi connectivity index (χ3n) is 9.17. The lowest BCUT2D eigenvalue weighted by atomic mass is 9.66. The summed E-state index contributed by atoms with van der Waals surface area (Å²) < 4.78 is 19.4. The molecule has 2 aromatic heterocycles. The molecule has 4 aromatic rings. The fourth-order valence-corrected chi connectivity index (χ4v) is 7.14. The summed E-state index contributed by atoms with van der Waals surface area (Å²) >= 11 is 6.61. The van der Waals surface area contributed by atoms with Gasteiger partial charge in [0.2, 0.25) is 17.2 Å². The van der Waals surface area contributed by atoms with E-state index in [0.29, 0.717) is 16.6 Å². The van der Waals surface area contributed by atoms with Crippen LogP contribution < -0.4 is 36.3 Å². The minimum Gasteiger partial charge on any atom is -0.496 e. The number of carbonyl (C=O) groups excluding carboxylic acids is 2. The maximum atomic E-state index is 15.0. The Labute approximate surface area is 259 Å². The van der Waals surface area contributed by atoms with Crippen molar-refractivity contribution < 1.29 is 23.8 Å². The third-order valence-corrected chi connectivity index (χ3v) is 9.53. The number of benzene rings is 2. The van der Waals surface area contributed by atoms with Gasteiger partial charge in [-0.2, -0.15) is 0 Å². The monoisotopic (exact) mass is 630 g/mol. The van der Waals surface area contributed by atoms with Gasteiger partial charge >= 0.3 is 5.69 Å². The second-order valence-corrected chi connectivity index (χ2v) is 11.8. The Bertz CT molecular complexity index is 2250. The number of hydrogen-bond acceptors (Lipinski definition) is 9. The fraction of sp³-hybridized carbons (Fsp3) is 0.281. The lowest BCUT2D eigenvalue weighted by Gasteiger charge is -2.42. The van der Waals surface area contributed by atoms with Gasteiger partial charge in [-0.25, -0.2) is 4.79 Å². The van der Waals surface area contributed by atoms with Crippen molar-refractivity contribution in [3.8, 4) is 17.2 Å². The molecule has 12 nitrogen and oxygen atoms in total. The molecule has 1 spiro atoms. The molecule has 230 valence electrons. The first-order valence-electron chi connectivity index (χ1n) is 14.1. The van der Waals surface area contributed by atoms with Crippen LogP contribution in [-0.4, -0.2) is 45.5 Å². The number of H-pyrrole nitrogens is 1. The minimum absolute atomic E-state index is 0.00295. The SMILES string of the molecule is COc1cc(OC)c2c(c1Cl)OC1(C(=O)C3=C(CC1C)Nc1c(c(=O)n(C)c(=O)n1C)C3c1cc3ccccc3[nH]c1=O)C2=O. The number of ketones is 2. The number of carbonyl (C=O) groups is 2. The predicted octanol–water partition coefficient (Wildman–Crippen LogP) is 3.03. The first-order chi connectivity index (χ1) is 21.5. The van der Waals surface area contributed by atoms with Crippen LogP contribution in [0.25, 0.3) is 10.9 Å². The molecule has 2 N–H and O–H groups in total. The van der Waals surface area contributed by atoms with Crippen LogP contribution in [-0.2, 0) is 18.9 Å². The number of anilines is 1. The number of allylic oxidation sites excluding steroid dienone is 1. The van der Waals surface area contributed by atoms with Gasteiger partial charge in [0.05, 0.1) is 25.7 Å². The van der Waals surface area contributed by atoms with Gasteiger partial charge < -0.3 is 24.5 Å². The number of hydrogen-bond donors (Lipinski definition) is 2. The van der Waals surface area contributed by atoms with Crippen LogP contribution in [0.1, 0.15) is 40.7 Å². The molecule has 3 aliphatic rings. The van der Waals surface area contributed by atoms with E-state index in [9.17, 15) is 19.2 Å². The molecule has 4 heterocycles. The van der Waals surface area contributed by atoms with Gasteiger partial charge in [0, 0.05) is 48.4 Å². The van der Waals surface area contributed by atoms with Crippen molar-refractivity contribution in [1.82, 2.24) is 14.1 Å². The number of halogens is 1. The average molecular weight is 631 g/mol. The standard InChI is InChI=1S/C32H27ClN4O8/c1-13-10-17-21(26(38)32(13)27(39)22-18(43-4)12-19(44-5)24(33)25(22)45-32)20(15-11-14-8-6-7-9-16(14)35-29(15)40)23-28(34-17)36(2)31(42)37(3)30(23)41/h6-9,11-13,20,34H,10H2,1-5H3,(H,35,40). The zero-order valence-corrected chi connectivity index (χ0v) is 25.6. The van der Waals surface area contributed by atoms with Crippen LogP contribution in [0.3, 0.4) is 0 Å². The maximum Gasteiger partial charge on any atom is 0.332 e. The topological polar surface area (TPSA) is 151 Å². The maximum absolute atomic E-state index is 15.0. The quantitative estimate of drug-likeness (QED) is 0.326. The van der Waals surface area contributed by atoms with Gasteiger partial charge in [0.25, 0.3) is 11.1 Å². The van der Waals surface area contributed by atoms with E-state index < -0.39 is 45.8 Å². The smallest absolute Gasteiger partial charge is 0.332 e. The summed E-state index contributed by atoms with van der Waals surface area (Å²) in [5.41, 5.74) is -2.86. The van der Waals surface area contributed by atoms with Gasteiger partial charge in [-0.05, 0) is 23.9 Å². The molecular formula is C32H27ClN4O8. The van der Waals surface area contributed by atoms with E-state index in [1.165, 1.54) is 38.9 Å². The zero-order chi connectivity index (χ0) is 32.1. The normalized spacial score (nSPS) is 21.7.